The van der Waals surface area contributed by atoms with Gasteiger partial charge in [-0.25, -0.2) is 0 Å². The molecule has 3 heteroatoms. The van der Waals surface area contributed by atoms with Gasteiger partial charge in [-0.05, 0) is 25.9 Å². The summed E-state index contributed by atoms with van der Waals surface area (Å²) in [6.07, 6.45) is 16.5. The molecule has 0 bridgehead atoms. The van der Waals surface area contributed by atoms with Gasteiger partial charge in [0.25, 0.3) is 0 Å². The monoisotopic (exact) mass is 334 g/mol. The van der Waals surface area contributed by atoms with E-state index in [0.29, 0.717) is 11.6 Å². The first-order chi connectivity index (χ1) is 10.1. The molecule has 1 unspecified atom stereocenters. The SMILES string of the molecule is CCCCCCCCCC(CCCCC)O[Si](C)(C)CCl. The van der Waals surface area contributed by atoms with Gasteiger partial charge in [0.1, 0.15) is 0 Å². The normalized spacial score (nSPS) is 13.6. The van der Waals surface area contributed by atoms with Gasteiger partial charge in [-0.1, -0.05) is 78.1 Å². The number of alkyl halides is 1. The molecule has 0 rings (SSSR count). The van der Waals surface area contributed by atoms with Crippen molar-refractivity contribution in [2.45, 2.75) is 110 Å². The fraction of sp³-hybridized carbons (Fsp3) is 1.00. The predicted octanol–water partition coefficient (Wildman–Crippen LogP) is 7.08. The lowest BCUT2D eigenvalue weighted by Crippen LogP contribution is -2.38. The Kier molecular flexibility index (Phi) is 14.4. The standard InChI is InChI=1S/C18H39ClOSi/c1-5-7-9-10-11-12-14-16-18(15-13-8-6-2)20-21(3,4)17-19/h18H,5-17H2,1-4H3. The van der Waals surface area contributed by atoms with Crippen molar-refractivity contribution in [2.24, 2.45) is 0 Å². The molecule has 128 valence electrons. The summed E-state index contributed by atoms with van der Waals surface area (Å²) < 4.78 is 6.39. The summed E-state index contributed by atoms with van der Waals surface area (Å²) in [7, 11) is -1.62. The molecule has 0 aromatic heterocycles. The minimum absolute atomic E-state index is 0.465. The average molecular weight is 335 g/mol. The predicted molar refractivity (Wildman–Crippen MR) is 99.8 cm³/mol. The van der Waals surface area contributed by atoms with Crippen LogP contribution in [-0.2, 0) is 4.43 Å². The Morgan fingerprint density at radius 3 is 1.71 bits per heavy atom. The van der Waals surface area contributed by atoms with Crippen LogP contribution in [0.15, 0.2) is 0 Å². The Balaban J connectivity index is 3.87. The first-order valence-corrected chi connectivity index (χ1v) is 12.9. The second-order valence-electron chi connectivity index (χ2n) is 7.04. The first kappa shape index (κ1) is 21.5. The van der Waals surface area contributed by atoms with Crippen molar-refractivity contribution >= 4 is 19.9 Å². The molecule has 0 fully saturated rings. The number of unbranched alkanes of at least 4 members (excludes halogenated alkanes) is 8. The van der Waals surface area contributed by atoms with E-state index in [2.05, 4.69) is 26.9 Å². The van der Waals surface area contributed by atoms with Crippen LogP contribution in [0.25, 0.3) is 0 Å². The molecule has 0 radical (unpaired) electrons. The highest BCUT2D eigenvalue weighted by molar-refractivity contribution is 6.77. The molecule has 1 nitrogen and oxygen atoms in total. The summed E-state index contributed by atoms with van der Waals surface area (Å²) >= 11 is 6.07. The van der Waals surface area contributed by atoms with Crippen molar-refractivity contribution in [3.63, 3.8) is 0 Å². The Morgan fingerprint density at radius 2 is 1.19 bits per heavy atom. The number of hydrogen-bond acceptors (Lipinski definition) is 1. The van der Waals surface area contributed by atoms with Gasteiger partial charge in [-0.3, -0.25) is 0 Å². The van der Waals surface area contributed by atoms with E-state index in [1.54, 1.807) is 0 Å². The topological polar surface area (TPSA) is 9.23 Å². The Hall–Kier alpha value is 0.467. The fourth-order valence-electron chi connectivity index (χ4n) is 2.70. The molecule has 0 amide bonds. The maximum atomic E-state index is 6.39. The molecule has 0 heterocycles. The van der Waals surface area contributed by atoms with E-state index in [1.165, 1.54) is 77.0 Å². The maximum Gasteiger partial charge on any atom is 0.201 e. The molecule has 21 heavy (non-hydrogen) atoms. The molecular weight excluding hydrogens is 296 g/mol. The third-order valence-electron chi connectivity index (χ3n) is 4.07. The number of halogens is 1. The van der Waals surface area contributed by atoms with Crippen LogP contribution < -0.4 is 0 Å². The largest absolute Gasteiger partial charge is 0.413 e. The van der Waals surface area contributed by atoms with Gasteiger partial charge in [-0.15, -0.1) is 11.6 Å². The molecule has 0 aliphatic heterocycles. The number of hydrogen-bond donors (Lipinski definition) is 0. The lowest BCUT2D eigenvalue weighted by molar-refractivity contribution is 0.165. The summed E-state index contributed by atoms with van der Waals surface area (Å²) in [6.45, 7) is 9.04. The van der Waals surface area contributed by atoms with E-state index < -0.39 is 8.32 Å². The van der Waals surface area contributed by atoms with E-state index >= 15 is 0 Å². The second kappa shape index (κ2) is 14.1. The quantitative estimate of drug-likeness (QED) is 0.177. The van der Waals surface area contributed by atoms with Crippen molar-refractivity contribution in [2.75, 3.05) is 5.50 Å². The molecule has 0 aliphatic carbocycles. The molecule has 0 N–H and O–H groups in total. The van der Waals surface area contributed by atoms with Gasteiger partial charge in [-0.2, -0.15) is 0 Å². The molecule has 0 aromatic rings. The van der Waals surface area contributed by atoms with Gasteiger partial charge in [0.05, 0.1) is 0 Å². The molecule has 0 aromatic carbocycles. The summed E-state index contributed by atoms with van der Waals surface area (Å²) in [6, 6.07) is 0. The van der Waals surface area contributed by atoms with Crippen LogP contribution in [0.2, 0.25) is 13.1 Å². The first-order valence-electron chi connectivity index (χ1n) is 9.29. The Labute approximate surface area is 140 Å². The summed E-state index contributed by atoms with van der Waals surface area (Å²) in [5, 5.41) is 0. The molecule has 0 spiro atoms. The molecule has 0 saturated heterocycles. The van der Waals surface area contributed by atoms with Crippen LogP contribution in [0.4, 0.5) is 0 Å². The summed E-state index contributed by atoms with van der Waals surface area (Å²) in [4.78, 5) is 0. The highest BCUT2D eigenvalue weighted by Crippen LogP contribution is 2.20. The highest BCUT2D eigenvalue weighted by Gasteiger charge is 2.25. The van der Waals surface area contributed by atoms with E-state index in [4.69, 9.17) is 16.0 Å². The summed E-state index contributed by atoms with van der Waals surface area (Å²) in [5.74, 6) is 0. The van der Waals surface area contributed by atoms with Crippen LogP contribution in [0.5, 0.6) is 0 Å². The zero-order valence-corrected chi connectivity index (χ0v) is 16.8. The van der Waals surface area contributed by atoms with Crippen molar-refractivity contribution in [1.29, 1.82) is 0 Å². The Morgan fingerprint density at radius 1 is 0.762 bits per heavy atom. The maximum absolute atomic E-state index is 6.39. The van der Waals surface area contributed by atoms with Gasteiger partial charge in [0.15, 0.2) is 0 Å². The third kappa shape index (κ3) is 13.8. The van der Waals surface area contributed by atoms with Gasteiger partial charge >= 0.3 is 0 Å². The Bertz CT molecular complexity index is 221. The van der Waals surface area contributed by atoms with Crippen LogP contribution >= 0.6 is 11.6 Å². The van der Waals surface area contributed by atoms with Gasteiger partial charge in [0, 0.05) is 11.6 Å². The second-order valence-corrected chi connectivity index (χ2v) is 11.9. The van der Waals surface area contributed by atoms with Crippen LogP contribution in [-0.4, -0.2) is 19.9 Å². The average Bonchev–Trinajstić information content (AvgIpc) is 2.46. The molecule has 0 saturated carbocycles. The van der Waals surface area contributed by atoms with Crippen molar-refractivity contribution in [1.82, 2.24) is 0 Å². The van der Waals surface area contributed by atoms with E-state index in [1.807, 2.05) is 0 Å². The van der Waals surface area contributed by atoms with E-state index in [9.17, 15) is 0 Å². The van der Waals surface area contributed by atoms with Crippen LogP contribution in [0.3, 0.4) is 0 Å². The minimum Gasteiger partial charge on any atom is -0.413 e. The lowest BCUT2D eigenvalue weighted by Gasteiger charge is -2.28. The van der Waals surface area contributed by atoms with Crippen LogP contribution in [0, 0.1) is 0 Å². The zero-order chi connectivity index (χ0) is 16.0. The molecular formula is C18H39ClOSi. The minimum atomic E-state index is -1.62. The lowest BCUT2D eigenvalue weighted by atomic mass is 10.0. The van der Waals surface area contributed by atoms with Crippen molar-refractivity contribution in [3.8, 4) is 0 Å². The van der Waals surface area contributed by atoms with Gasteiger partial charge < -0.3 is 4.43 Å². The number of rotatable bonds is 15. The van der Waals surface area contributed by atoms with Crippen LogP contribution in [0.1, 0.15) is 90.9 Å². The van der Waals surface area contributed by atoms with Gasteiger partial charge in [0.2, 0.25) is 8.32 Å². The smallest absolute Gasteiger partial charge is 0.201 e. The van der Waals surface area contributed by atoms with Crippen molar-refractivity contribution in [3.05, 3.63) is 0 Å². The van der Waals surface area contributed by atoms with E-state index in [-0.39, 0.29) is 0 Å². The highest BCUT2D eigenvalue weighted by atomic mass is 35.5. The zero-order valence-electron chi connectivity index (χ0n) is 15.1. The fourth-order valence-corrected chi connectivity index (χ4v) is 4.09. The third-order valence-corrected chi connectivity index (χ3v) is 7.61. The molecule has 1 atom stereocenters. The van der Waals surface area contributed by atoms with E-state index in [0.717, 1.165) is 0 Å². The molecule has 0 aliphatic rings. The van der Waals surface area contributed by atoms with Crippen molar-refractivity contribution < 1.29 is 4.43 Å². The summed E-state index contributed by atoms with van der Waals surface area (Å²) in [5.41, 5.74) is 0.717.